The number of aromatic nitrogens is 1. The molecule has 2 rings (SSSR count). The Kier molecular flexibility index (Phi) is 2.12. The van der Waals surface area contributed by atoms with Crippen LogP contribution in [-0.4, -0.2) is 10.7 Å². The van der Waals surface area contributed by atoms with Crippen LogP contribution in [0.1, 0.15) is 35.8 Å². The molecule has 0 amide bonds. The van der Waals surface area contributed by atoms with Gasteiger partial charge in [0.25, 0.3) is 0 Å². The van der Waals surface area contributed by atoms with Crippen molar-refractivity contribution in [1.29, 1.82) is 0 Å². The molecule has 0 saturated carbocycles. The van der Waals surface area contributed by atoms with Crippen LogP contribution in [-0.2, 0) is 0 Å². The second-order valence-electron chi connectivity index (χ2n) is 3.75. The van der Waals surface area contributed by atoms with Crippen molar-refractivity contribution >= 4 is 11.8 Å². The molecule has 0 radical (unpaired) electrons. The number of hydrogen-bond donors (Lipinski definition) is 0. The number of aldehydes is 1. The lowest BCUT2D eigenvalue weighted by molar-refractivity contribution is 0.111. The van der Waals surface area contributed by atoms with Gasteiger partial charge in [-0.3, -0.25) is 4.79 Å². The molecule has 0 aliphatic carbocycles. The Hall–Kier alpha value is -1.57. The zero-order chi connectivity index (χ0) is 10.1. The average molecular weight is 187 g/mol. The fraction of sp³-hybridized carbons (Fsp3) is 0.250. The number of carbonyl (C=O) groups excluding carboxylic acids is 1. The normalized spacial score (nSPS) is 11.1. The third-order valence-electron chi connectivity index (χ3n) is 2.48. The number of pyridine rings is 1. The molecule has 0 aliphatic rings. The summed E-state index contributed by atoms with van der Waals surface area (Å²) in [5, 5.41) is 0. The van der Waals surface area contributed by atoms with Crippen molar-refractivity contribution in [1.82, 2.24) is 4.40 Å². The Morgan fingerprint density at radius 1 is 1.36 bits per heavy atom. The lowest BCUT2D eigenvalue weighted by atomic mass is 10.0. The Morgan fingerprint density at radius 3 is 2.79 bits per heavy atom. The van der Waals surface area contributed by atoms with E-state index in [1.807, 2.05) is 28.8 Å². The van der Waals surface area contributed by atoms with Crippen molar-refractivity contribution in [3.05, 3.63) is 41.7 Å². The molecule has 0 atom stereocenters. The Morgan fingerprint density at radius 2 is 2.14 bits per heavy atom. The van der Waals surface area contributed by atoms with Gasteiger partial charge >= 0.3 is 0 Å². The van der Waals surface area contributed by atoms with E-state index in [0.717, 1.165) is 23.1 Å². The number of fused-ring (bicyclic) bond motifs is 1. The zero-order valence-electron chi connectivity index (χ0n) is 8.40. The topological polar surface area (TPSA) is 21.5 Å². The highest BCUT2D eigenvalue weighted by Gasteiger charge is 2.11. The highest BCUT2D eigenvalue weighted by Crippen LogP contribution is 2.22. The summed E-state index contributed by atoms with van der Waals surface area (Å²) < 4.78 is 1.93. The second-order valence-corrected chi connectivity index (χ2v) is 3.75. The largest absolute Gasteiger partial charge is 0.314 e. The van der Waals surface area contributed by atoms with E-state index < -0.39 is 0 Å². The fourth-order valence-corrected chi connectivity index (χ4v) is 1.75. The molecule has 0 saturated heterocycles. The quantitative estimate of drug-likeness (QED) is 0.662. The van der Waals surface area contributed by atoms with Crippen LogP contribution in [0.4, 0.5) is 0 Å². The summed E-state index contributed by atoms with van der Waals surface area (Å²) in [6, 6.07) is 8.01. The summed E-state index contributed by atoms with van der Waals surface area (Å²) in [6.07, 6.45) is 2.85. The van der Waals surface area contributed by atoms with Crippen LogP contribution in [0.15, 0.2) is 30.5 Å². The Balaban J connectivity index is 2.78. The van der Waals surface area contributed by atoms with Crippen molar-refractivity contribution < 1.29 is 4.79 Å². The smallest absolute Gasteiger partial charge is 0.167 e. The standard InChI is InChI=1S/C12H13NO/c1-9(2)11-7-10-5-3-4-6-13(10)12(11)8-14/h3-9H,1-2H3. The second kappa shape index (κ2) is 3.29. The first kappa shape index (κ1) is 9.00. The van der Waals surface area contributed by atoms with Crippen LogP contribution in [0.3, 0.4) is 0 Å². The van der Waals surface area contributed by atoms with Crippen molar-refractivity contribution in [2.24, 2.45) is 0 Å². The van der Waals surface area contributed by atoms with Gasteiger partial charge in [-0.15, -0.1) is 0 Å². The first-order valence-corrected chi connectivity index (χ1v) is 4.79. The maximum atomic E-state index is 11.0. The van der Waals surface area contributed by atoms with E-state index in [1.54, 1.807) is 0 Å². The van der Waals surface area contributed by atoms with E-state index in [2.05, 4.69) is 19.9 Å². The average Bonchev–Trinajstić information content (AvgIpc) is 2.56. The van der Waals surface area contributed by atoms with Crippen molar-refractivity contribution in [2.75, 3.05) is 0 Å². The van der Waals surface area contributed by atoms with Crippen LogP contribution in [0.25, 0.3) is 5.52 Å². The van der Waals surface area contributed by atoms with E-state index in [-0.39, 0.29) is 0 Å². The molecule has 0 unspecified atom stereocenters. The third kappa shape index (κ3) is 1.23. The minimum atomic E-state index is 0.384. The SMILES string of the molecule is CC(C)c1cc2ccccn2c1C=O. The molecule has 0 aliphatic heterocycles. The fourth-order valence-electron chi connectivity index (χ4n) is 1.75. The van der Waals surface area contributed by atoms with Crippen LogP contribution in [0, 0.1) is 0 Å². The van der Waals surface area contributed by atoms with Gasteiger partial charge in [-0.1, -0.05) is 19.9 Å². The predicted molar refractivity (Wildman–Crippen MR) is 56.9 cm³/mol. The molecule has 2 nitrogen and oxygen atoms in total. The molecule has 2 heterocycles. The third-order valence-corrected chi connectivity index (χ3v) is 2.48. The van der Waals surface area contributed by atoms with Gasteiger partial charge in [-0.05, 0) is 29.7 Å². The molecule has 0 bridgehead atoms. The molecule has 72 valence electrons. The number of hydrogen-bond acceptors (Lipinski definition) is 1. The van der Waals surface area contributed by atoms with E-state index in [0.29, 0.717) is 5.92 Å². The van der Waals surface area contributed by atoms with E-state index in [9.17, 15) is 4.79 Å². The molecule has 14 heavy (non-hydrogen) atoms. The molecule has 2 heteroatoms. The lowest BCUT2D eigenvalue weighted by Gasteiger charge is -2.02. The minimum absolute atomic E-state index is 0.384. The highest BCUT2D eigenvalue weighted by atomic mass is 16.1. The van der Waals surface area contributed by atoms with Gasteiger partial charge in [0, 0.05) is 11.7 Å². The van der Waals surface area contributed by atoms with Gasteiger partial charge in [0.2, 0.25) is 0 Å². The minimum Gasteiger partial charge on any atom is -0.314 e. The molecule has 2 aromatic rings. The number of rotatable bonds is 2. The van der Waals surface area contributed by atoms with Crippen molar-refractivity contribution in [3.8, 4) is 0 Å². The maximum absolute atomic E-state index is 11.0. The van der Waals surface area contributed by atoms with Gasteiger partial charge in [0.05, 0.1) is 5.69 Å². The van der Waals surface area contributed by atoms with Gasteiger partial charge in [-0.25, -0.2) is 0 Å². The molecule has 0 N–H and O–H groups in total. The molecule has 0 aromatic carbocycles. The maximum Gasteiger partial charge on any atom is 0.167 e. The summed E-state index contributed by atoms with van der Waals surface area (Å²) in [5.41, 5.74) is 2.97. The predicted octanol–water partition coefficient (Wildman–Crippen LogP) is 2.88. The summed E-state index contributed by atoms with van der Waals surface area (Å²) in [6.45, 7) is 4.20. The Labute approximate surface area is 83.2 Å². The summed E-state index contributed by atoms with van der Waals surface area (Å²) >= 11 is 0. The van der Waals surface area contributed by atoms with Crippen molar-refractivity contribution in [2.45, 2.75) is 19.8 Å². The number of carbonyl (C=O) groups is 1. The molecular formula is C12H13NO. The lowest BCUT2D eigenvalue weighted by Crippen LogP contribution is -1.95. The van der Waals surface area contributed by atoms with E-state index >= 15 is 0 Å². The molecule has 0 spiro atoms. The number of nitrogens with zero attached hydrogens (tertiary/aromatic N) is 1. The highest BCUT2D eigenvalue weighted by molar-refractivity contribution is 5.79. The van der Waals surface area contributed by atoms with E-state index in [4.69, 9.17) is 0 Å². The zero-order valence-corrected chi connectivity index (χ0v) is 8.40. The first-order chi connectivity index (χ1) is 6.74. The van der Waals surface area contributed by atoms with Gasteiger partial charge in [-0.2, -0.15) is 0 Å². The summed E-state index contributed by atoms with van der Waals surface area (Å²) in [5.74, 6) is 0.384. The molecular weight excluding hydrogens is 174 g/mol. The van der Waals surface area contributed by atoms with Gasteiger partial charge in [0.1, 0.15) is 0 Å². The molecule has 0 fully saturated rings. The van der Waals surface area contributed by atoms with Gasteiger partial charge in [0.15, 0.2) is 6.29 Å². The van der Waals surface area contributed by atoms with Crippen LogP contribution in [0.2, 0.25) is 0 Å². The first-order valence-electron chi connectivity index (χ1n) is 4.79. The monoisotopic (exact) mass is 187 g/mol. The Bertz CT molecular complexity index is 468. The van der Waals surface area contributed by atoms with Gasteiger partial charge < -0.3 is 4.40 Å². The van der Waals surface area contributed by atoms with Crippen LogP contribution >= 0.6 is 0 Å². The summed E-state index contributed by atoms with van der Waals surface area (Å²) in [4.78, 5) is 11.0. The van der Waals surface area contributed by atoms with Crippen LogP contribution < -0.4 is 0 Å². The molecule has 2 aromatic heterocycles. The van der Waals surface area contributed by atoms with Crippen LogP contribution in [0.5, 0.6) is 0 Å². The van der Waals surface area contributed by atoms with E-state index in [1.165, 1.54) is 0 Å². The van der Waals surface area contributed by atoms with Crippen molar-refractivity contribution in [3.63, 3.8) is 0 Å². The summed E-state index contributed by atoms with van der Waals surface area (Å²) in [7, 11) is 0.